The summed E-state index contributed by atoms with van der Waals surface area (Å²) < 4.78 is 0. The second kappa shape index (κ2) is 8.50. The van der Waals surface area contributed by atoms with Crippen LogP contribution in [0.3, 0.4) is 0 Å². The van der Waals surface area contributed by atoms with Crippen molar-refractivity contribution in [1.29, 1.82) is 0 Å². The molecule has 2 aromatic rings. The van der Waals surface area contributed by atoms with E-state index in [1.807, 2.05) is 29.6 Å². The topological polar surface area (TPSA) is 43.9 Å². The Bertz CT molecular complexity index is 982. The highest BCUT2D eigenvalue weighted by Gasteiger charge is 2.43. The van der Waals surface area contributed by atoms with Crippen molar-refractivity contribution < 1.29 is 9.59 Å². The molecule has 162 valence electrons. The third kappa shape index (κ3) is 3.78. The summed E-state index contributed by atoms with van der Waals surface area (Å²) in [7, 11) is 0. The van der Waals surface area contributed by atoms with E-state index >= 15 is 0 Å². The van der Waals surface area contributed by atoms with Gasteiger partial charge in [-0.1, -0.05) is 13.0 Å². The zero-order valence-corrected chi connectivity index (χ0v) is 18.9. The molecule has 0 unspecified atom stereocenters. The molecule has 1 aromatic heterocycles. The molecule has 3 aliphatic heterocycles. The van der Waals surface area contributed by atoms with Crippen LogP contribution in [0.4, 0.5) is 11.4 Å². The minimum absolute atomic E-state index is 0.185. The number of rotatable bonds is 4. The minimum atomic E-state index is -0.201. The van der Waals surface area contributed by atoms with Crippen LogP contribution in [0.5, 0.6) is 0 Å². The van der Waals surface area contributed by atoms with Crippen LogP contribution in [-0.2, 0) is 9.59 Å². The van der Waals surface area contributed by atoms with Gasteiger partial charge in [-0.15, -0.1) is 11.3 Å². The molecule has 2 saturated heterocycles. The molecular formula is C25H29N3O2S. The first-order valence-corrected chi connectivity index (χ1v) is 12.3. The fourth-order valence-corrected chi connectivity index (χ4v) is 5.65. The van der Waals surface area contributed by atoms with E-state index in [1.54, 1.807) is 0 Å². The zero-order chi connectivity index (χ0) is 21.4. The van der Waals surface area contributed by atoms with Crippen LogP contribution in [0.2, 0.25) is 0 Å². The largest absolute Gasteiger partial charge is 0.372 e. The van der Waals surface area contributed by atoms with Gasteiger partial charge in [0.2, 0.25) is 0 Å². The van der Waals surface area contributed by atoms with Gasteiger partial charge in [-0.2, -0.15) is 0 Å². The molecule has 0 bridgehead atoms. The smallest absolute Gasteiger partial charge is 0.282 e. The van der Waals surface area contributed by atoms with Gasteiger partial charge in [0.1, 0.15) is 5.70 Å². The van der Waals surface area contributed by atoms with E-state index in [4.69, 9.17) is 0 Å². The highest BCUT2D eigenvalue weighted by molar-refractivity contribution is 7.11. The van der Waals surface area contributed by atoms with E-state index in [0.717, 1.165) is 55.5 Å². The number of carbonyl (C=O) groups is 2. The first kappa shape index (κ1) is 20.3. The Morgan fingerprint density at radius 3 is 2.13 bits per heavy atom. The summed E-state index contributed by atoms with van der Waals surface area (Å²) in [6.07, 6.45) is 5.72. The second-order valence-corrected chi connectivity index (χ2v) is 9.83. The van der Waals surface area contributed by atoms with Gasteiger partial charge < -0.3 is 9.80 Å². The Balaban J connectivity index is 1.44. The monoisotopic (exact) mass is 435 g/mol. The molecule has 3 aliphatic rings. The molecule has 5 nitrogen and oxygen atoms in total. The number of piperidine rings is 2. The van der Waals surface area contributed by atoms with Gasteiger partial charge in [-0.25, -0.2) is 4.90 Å². The first-order chi connectivity index (χ1) is 15.1. The van der Waals surface area contributed by atoms with E-state index in [9.17, 15) is 9.59 Å². The molecule has 0 spiro atoms. The molecule has 0 saturated carbocycles. The van der Waals surface area contributed by atoms with Crippen LogP contribution in [-0.4, -0.2) is 42.9 Å². The van der Waals surface area contributed by atoms with Gasteiger partial charge >= 0.3 is 0 Å². The van der Waals surface area contributed by atoms with Crippen LogP contribution < -0.4 is 9.80 Å². The van der Waals surface area contributed by atoms with Gasteiger partial charge in [-0.05, 0) is 73.7 Å². The number of anilines is 2. The summed E-state index contributed by atoms with van der Waals surface area (Å²) >= 11 is 1.52. The first-order valence-electron chi connectivity index (χ1n) is 11.4. The number of carbonyl (C=O) groups excluding carboxylic acids is 2. The average Bonchev–Trinajstić information content (AvgIpc) is 3.41. The summed E-state index contributed by atoms with van der Waals surface area (Å²) in [5.41, 5.74) is 2.97. The molecule has 2 amide bonds. The van der Waals surface area contributed by atoms with Crippen molar-refractivity contribution in [1.82, 2.24) is 4.90 Å². The van der Waals surface area contributed by atoms with Crippen LogP contribution in [0, 0.1) is 5.92 Å². The molecule has 6 heteroatoms. The Morgan fingerprint density at radius 2 is 1.48 bits per heavy atom. The van der Waals surface area contributed by atoms with Crippen molar-refractivity contribution in [3.8, 4) is 0 Å². The highest BCUT2D eigenvalue weighted by Crippen LogP contribution is 2.38. The second-order valence-electron chi connectivity index (χ2n) is 8.88. The maximum absolute atomic E-state index is 13.5. The molecule has 0 N–H and O–H groups in total. The summed E-state index contributed by atoms with van der Waals surface area (Å²) in [4.78, 5) is 33.8. The number of nitrogens with zero attached hydrogens (tertiary/aromatic N) is 3. The van der Waals surface area contributed by atoms with Crippen molar-refractivity contribution in [2.75, 3.05) is 36.0 Å². The van der Waals surface area contributed by atoms with Crippen LogP contribution in [0.25, 0.3) is 5.57 Å². The van der Waals surface area contributed by atoms with Gasteiger partial charge in [0.15, 0.2) is 0 Å². The fourth-order valence-electron chi connectivity index (χ4n) is 4.89. The minimum Gasteiger partial charge on any atom is -0.372 e. The SMILES string of the molecule is CC1CCN(c2ccc(N3C(=O)C(c4cccs4)=C(N4CCCCC4)C3=O)cc2)CC1. The van der Waals surface area contributed by atoms with E-state index in [2.05, 4.69) is 28.9 Å². The Morgan fingerprint density at radius 1 is 0.806 bits per heavy atom. The Kier molecular flexibility index (Phi) is 5.57. The summed E-state index contributed by atoms with van der Waals surface area (Å²) in [6, 6.07) is 11.8. The molecule has 5 rings (SSSR count). The number of hydrogen-bond donors (Lipinski definition) is 0. The lowest BCUT2D eigenvalue weighted by Crippen LogP contribution is -2.37. The standard InChI is InChI=1S/C25H29N3O2S/c1-18-11-15-26(16-12-18)19-7-9-20(10-8-19)28-24(29)22(21-6-5-17-31-21)23(25(28)30)27-13-3-2-4-14-27/h5-10,17-18H,2-4,11-16H2,1H3. The fraction of sp³-hybridized carbons (Fsp3) is 0.440. The van der Waals surface area contributed by atoms with Crippen molar-refractivity contribution in [2.45, 2.75) is 39.0 Å². The lowest BCUT2D eigenvalue weighted by molar-refractivity contribution is -0.120. The van der Waals surface area contributed by atoms with Crippen molar-refractivity contribution in [3.63, 3.8) is 0 Å². The van der Waals surface area contributed by atoms with Crippen molar-refractivity contribution in [3.05, 3.63) is 52.4 Å². The normalized spacial score (nSPS) is 20.9. The zero-order valence-electron chi connectivity index (χ0n) is 18.0. The maximum atomic E-state index is 13.5. The number of benzene rings is 1. The van der Waals surface area contributed by atoms with E-state index < -0.39 is 0 Å². The summed E-state index contributed by atoms with van der Waals surface area (Å²) in [5, 5.41) is 1.96. The predicted molar refractivity (Wildman–Crippen MR) is 126 cm³/mol. The number of likely N-dealkylation sites (tertiary alicyclic amines) is 1. The van der Waals surface area contributed by atoms with Crippen molar-refractivity contribution in [2.24, 2.45) is 5.92 Å². The van der Waals surface area contributed by atoms with Gasteiger partial charge in [0, 0.05) is 36.7 Å². The number of amides is 2. The summed E-state index contributed by atoms with van der Waals surface area (Å²) in [6.45, 7) is 6.10. The molecule has 0 aliphatic carbocycles. The molecule has 31 heavy (non-hydrogen) atoms. The Hall–Kier alpha value is -2.60. The number of thiophene rings is 1. The lowest BCUT2D eigenvalue weighted by Gasteiger charge is -2.32. The molecule has 0 atom stereocenters. The Labute approximate surface area is 187 Å². The van der Waals surface area contributed by atoms with E-state index in [1.165, 1.54) is 35.5 Å². The number of hydrogen-bond acceptors (Lipinski definition) is 5. The third-order valence-electron chi connectivity index (χ3n) is 6.76. The molecule has 0 radical (unpaired) electrons. The van der Waals surface area contributed by atoms with Crippen LogP contribution in [0.1, 0.15) is 43.9 Å². The van der Waals surface area contributed by atoms with Gasteiger partial charge in [0.25, 0.3) is 11.8 Å². The quantitative estimate of drug-likeness (QED) is 0.650. The van der Waals surface area contributed by atoms with E-state index in [0.29, 0.717) is 17.0 Å². The number of imide groups is 1. The van der Waals surface area contributed by atoms with Crippen LogP contribution >= 0.6 is 11.3 Å². The van der Waals surface area contributed by atoms with Gasteiger partial charge in [0.05, 0.1) is 11.3 Å². The lowest BCUT2D eigenvalue weighted by atomic mass is 9.99. The highest BCUT2D eigenvalue weighted by atomic mass is 32.1. The molecule has 1 aromatic carbocycles. The third-order valence-corrected chi connectivity index (χ3v) is 7.64. The van der Waals surface area contributed by atoms with Crippen molar-refractivity contribution >= 4 is 40.1 Å². The molecule has 2 fully saturated rings. The molecule has 4 heterocycles. The summed E-state index contributed by atoms with van der Waals surface area (Å²) in [5.74, 6) is 0.396. The average molecular weight is 436 g/mol. The van der Waals surface area contributed by atoms with Gasteiger partial charge in [-0.3, -0.25) is 9.59 Å². The predicted octanol–water partition coefficient (Wildman–Crippen LogP) is 4.75. The maximum Gasteiger partial charge on any atom is 0.282 e. The van der Waals surface area contributed by atoms with Crippen LogP contribution in [0.15, 0.2) is 47.5 Å². The molecular weight excluding hydrogens is 406 g/mol. The van der Waals surface area contributed by atoms with E-state index in [-0.39, 0.29) is 11.8 Å².